The summed E-state index contributed by atoms with van der Waals surface area (Å²) in [7, 11) is 0.782. The van der Waals surface area contributed by atoms with Gasteiger partial charge in [0.05, 0.1) is 6.26 Å². The largest absolute Gasteiger partial charge is 0.338 e. The van der Waals surface area contributed by atoms with Crippen molar-refractivity contribution in [3.05, 3.63) is 0 Å². The van der Waals surface area contributed by atoms with Crippen LogP contribution in [-0.2, 0) is 10.0 Å². The van der Waals surface area contributed by atoms with E-state index < -0.39 is 10.0 Å². The van der Waals surface area contributed by atoms with Gasteiger partial charge in [-0.05, 0) is 46.3 Å². The van der Waals surface area contributed by atoms with Crippen LogP contribution in [-0.4, -0.2) is 76.8 Å². The molecule has 1 rings (SSSR count). The minimum Gasteiger partial charge on any atom is -0.338 e. The van der Waals surface area contributed by atoms with Gasteiger partial charge in [0.15, 0.2) is 0 Å². The molecule has 7 nitrogen and oxygen atoms in total. The summed E-state index contributed by atoms with van der Waals surface area (Å²) in [5, 5.41) is 2.92. The summed E-state index contributed by atoms with van der Waals surface area (Å²) in [4.78, 5) is 16.0. The lowest BCUT2D eigenvalue weighted by atomic mass is 10.0. The van der Waals surface area contributed by atoms with Gasteiger partial charge in [-0.15, -0.1) is 0 Å². The average Bonchev–Trinajstić information content (AvgIpc) is 2.40. The maximum Gasteiger partial charge on any atom is 0.317 e. The molecule has 21 heavy (non-hydrogen) atoms. The molecule has 0 radical (unpaired) electrons. The molecule has 0 unspecified atom stereocenters. The van der Waals surface area contributed by atoms with Gasteiger partial charge in [-0.25, -0.2) is 17.9 Å². The number of amides is 2. The molecule has 0 aromatic rings. The molecule has 1 saturated heterocycles. The fraction of sp³-hybridized carbons (Fsp3) is 0.923. The van der Waals surface area contributed by atoms with Crippen LogP contribution in [0, 0.1) is 0 Å². The van der Waals surface area contributed by atoms with Crippen molar-refractivity contribution in [3.8, 4) is 0 Å². The first-order valence-electron chi connectivity index (χ1n) is 7.43. The van der Waals surface area contributed by atoms with Crippen molar-refractivity contribution >= 4 is 16.1 Å². The molecule has 1 heterocycles. The molecule has 0 saturated carbocycles. The molecule has 1 fully saturated rings. The Morgan fingerprint density at radius 2 is 2.05 bits per heavy atom. The molecule has 1 atom stereocenters. The van der Waals surface area contributed by atoms with Gasteiger partial charge in [-0.3, -0.25) is 0 Å². The standard InChI is InChI=1S/C13H28N4O3S/c1-16(2)9-6-8-14-13(18)17-10-5-4-7-12(17)11-15-21(3,19)20/h12,15H,4-11H2,1-3H3,(H,14,18)/t12-/m1/s1. The Morgan fingerprint density at radius 1 is 1.33 bits per heavy atom. The van der Waals surface area contributed by atoms with E-state index in [-0.39, 0.29) is 12.1 Å². The molecule has 1 aliphatic rings. The Labute approximate surface area is 128 Å². The van der Waals surface area contributed by atoms with Crippen LogP contribution in [0.15, 0.2) is 0 Å². The smallest absolute Gasteiger partial charge is 0.317 e. The van der Waals surface area contributed by atoms with E-state index in [4.69, 9.17) is 0 Å². The van der Waals surface area contributed by atoms with Crippen molar-refractivity contribution in [2.75, 3.05) is 46.5 Å². The van der Waals surface area contributed by atoms with Gasteiger partial charge in [0.25, 0.3) is 0 Å². The van der Waals surface area contributed by atoms with E-state index in [1.54, 1.807) is 4.90 Å². The van der Waals surface area contributed by atoms with Crippen molar-refractivity contribution in [1.82, 2.24) is 19.8 Å². The highest BCUT2D eigenvalue weighted by Gasteiger charge is 2.26. The van der Waals surface area contributed by atoms with Crippen molar-refractivity contribution in [1.29, 1.82) is 0 Å². The van der Waals surface area contributed by atoms with E-state index in [2.05, 4.69) is 14.9 Å². The Hall–Kier alpha value is -0.860. The number of hydrogen-bond acceptors (Lipinski definition) is 4. The lowest BCUT2D eigenvalue weighted by Crippen LogP contribution is -2.52. The topological polar surface area (TPSA) is 81.8 Å². The highest BCUT2D eigenvalue weighted by atomic mass is 32.2. The van der Waals surface area contributed by atoms with Gasteiger partial charge in [0, 0.05) is 25.7 Å². The number of piperidine rings is 1. The highest BCUT2D eigenvalue weighted by Crippen LogP contribution is 2.16. The number of urea groups is 1. The first kappa shape index (κ1) is 18.2. The zero-order valence-corrected chi connectivity index (χ0v) is 14.1. The second-order valence-corrected chi connectivity index (χ2v) is 7.69. The molecular formula is C13H28N4O3S. The molecule has 0 aromatic carbocycles. The normalized spacial score (nSPS) is 19.8. The number of rotatable bonds is 7. The molecule has 1 aliphatic heterocycles. The van der Waals surface area contributed by atoms with Crippen LogP contribution in [0.4, 0.5) is 4.79 Å². The number of carbonyl (C=O) groups excluding carboxylic acids is 1. The minimum absolute atomic E-state index is 0.0534. The Balaban J connectivity index is 2.42. The second-order valence-electron chi connectivity index (χ2n) is 5.85. The van der Waals surface area contributed by atoms with Crippen molar-refractivity contribution in [2.45, 2.75) is 31.7 Å². The van der Waals surface area contributed by atoms with Gasteiger partial charge in [0.1, 0.15) is 0 Å². The Bertz CT molecular complexity index is 425. The van der Waals surface area contributed by atoms with Gasteiger partial charge in [-0.2, -0.15) is 0 Å². The van der Waals surface area contributed by atoms with E-state index >= 15 is 0 Å². The Morgan fingerprint density at radius 3 is 2.67 bits per heavy atom. The van der Waals surface area contributed by atoms with Gasteiger partial charge < -0.3 is 15.1 Å². The van der Waals surface area contributed by atoms with Crippen LogP contribution in [0.1, 0.15) is 25.7 Å². The summed E-state index contributed by atoms with van der Waals surface area (Å²) in [6.45, 7) is 2.55. The van der Waals surface area contributed by atoms with Crippen LogP contribution in [0.2, 0.25) is 0 Å². The molecule has 0 aromatic heterocycles. The monoisotopic (exact) mass is 320 g/mol. The molecular weight excluding hydrogens is 292 g/mol. The quantitative estimate of drug-likeness (QED) is 0.650. The van der Waals surface area contributed by atoms with Crippen LogP contribution >= 0.6 is 0 Å². The van der Waals surface area contributed by atoms with Gasteiger partial charge >= 0.3 is 6.03 Å². The summed E-state index contributed by atoms with van der Waals surface area (Å²) < 4.78 is 24.9. The number of nitrogens with zero attached hydrogens (tertiary/aromatic N) is 2. The molecule has 2 amide bonds. The summed E-state index contributed by atoms with van der Waals surface area (Å²) in [5.41, 5.74) is 0. The fourth-order valence-electron chi connectivity index (χ4n) is 2.42. The SMILES string of the molecule is CN(C)CCCNC(=O)N1CCCC[C@@H]1CNS(C)(=O)=O. The maximum absolute atomic E-state index is 12.2. The number of likely N-dealkylation sites (tertiary alicyclic amines) is 1. The molecule has 0 bridgehead atoms. The molecule has 0 spiro atoms. The third kappa shape index (κ3) is 7.63. The van der Waals surface area contributed by atoms with E-state index in [1.807, 2.05) is 14.1 Å². The minimum atomic E-state index is -3.22. The zero-order valence-electron chi connectivity index (χ0n) is 13.3. The van der Waals surface area contributed by atoms with Crippen molar-refractivity contribution in [2.24, 2.45) is 0 Å². The first-order valence-corrected chi connectivity index (χ1v) is 9.32. The average molecular weight is 320 g/mol. The first-order chi connectivity index (χ1) is 9.79. The van der Waals surface area contributed by atoms with Crippen LogP contribution < -0.4 is 10.0 Å². The van der Waals surface area contributed by atoms with E-state index in [1.165, 1.54) is 0 Å². The van der Waals surface area contributed by atoms with Crippen LogP contribution in [0.25, 0.3) is 0 Å². The van der Waals surface area contributed by atoms with Crippen molar-refractivity contribution < 1.29 is 13.2 Å². The van der Waals surface area contributed by atoms with Crippen LogP contribution in [0.5, 0.6) is 0 Å². The lowest BCUT2D eigenvalue weighted by Gasteiger charge is -2.35. The van der Waals surface area contributed by atoms with Gasteiger partial charge in [0.2, 0.25) is 10.0 Å². The van der Waals surface area contributed by atoms with E-state index in [9.17, 15) is 13.2 Å². The predicted octanol–water partition coefficient (Wildman–Crippen LogP) is 0.0514. The third-order valence-electron chi connectivity index (χ3n) is 3.53. The summed E-state index contributed by atoms with van der Waals surface area (Å²) in [5.74, 6) is 0. The number of nitrogens with one attached hydrogen (secondary N) is 2. The molecule has 0 aliphatic carbocycles. The lowest BCUT2D eigenvalue weighted by molar-refractivity contribution is 0.152. The maximum atomic E-state index is 12.2. The van der Waals surface area contributed by atoms with Gasteiger partial charge in [-0.1, -0.05) is 0 Å². The summed E-state index contributed by atoms with van der Waals surface area (Å²) in [6, 6.07) is -0.143. The molecule has 8 heteroatoms. The predicted molar refractivity (Wildman–Crippen MR) is 83.8 cm³/mol. The Kier molecular flexibility index (Phi) is 7.41. The molecule has 124 valence electrons. The third-order valence-corrected chi connectivity index (χ3v) is 4.22. The zero-order chi connectivity index (χ0) is 15.9. The number of sulfonamides is 1. The summed E-state index contributed by atoms with van der Waals surface area (Å²) in [6.07, 6.45) is 4.88. The number of carbonyl (C=O) groups is 1. The van der Waals surface area contributed by atoms with Crippen molar-refractivity contribution in [3.63, 3.8) is 0 Å². The van der Waals surface area contributed by atoms with Crippen LogP contribution in [0.3, 0.4) is 0 Å². The second kappa shape index (κ2) is 8.55. The summed E-state index contributed by atoms with van der Waals surface area (Å²) >= 11 is 0. The number of hydrogen-bond donors (Lipinski definition) is 2. The van der Waals surface area contributed by atoms with E-state index in [0.717, 1.165) is 38.5 Å². The fourth-order valence-corrected chi connectivity index (χ4v) is 2.91. The highest BCUT2D eigenvalue weighted by molar-refractivity contribution is 7.88. The van der Waals surface area contributed by atoms with E-state index in [0.29, 0.717) is 19.6 Å². The molecule has 2 N–H and O–H groups in total.